The molecule has 118 valence electrons. The highest BCUT2D eigenvalue weighted by molar-refractivity contribution is 6.00. The van der Waals surface area contributed by atoms with E-state index in [1.165, 1.54) is 0 Å². The Labute approximate surface area is 140 Å². The fourth-order valence-corrected chi connectivity index (χ4v) is 1.97. The molecule has 0 aliphatic rings. The molecule has 0 spiro atoms. The monoisotopic (exact) mass is 317 g/mol. The van der Waals surface area contributed by atoms with Gasteiger partial charge in [-0.3, -0.25) is 4.79 Å². The number of nitrogens with zero attached hydrogens (tertiary/aromatic N) is 1. The van der Waals surface area contributed by atoms with Gasteiger partial charge in [-0.05, 0) is 36.4 Å². The van der Waals surface area contributed by atoms with Crippen molar-refractivity contribution in [2.75, 3.05) is 0 Å². The highest BCUT2D eigenvalue weighted by atomic mass is 16.7. The topological polar surface area (TPSA) is 47.9 Å². The summed E-state index contributed by atoms with van der Waals surface area (Å²) in [6, 6.07) is 26.9. The number of benzene rings is 3. The van der Waals surface area contributed by atoms with E-state index in [0.29, 0.717) is 17.1 Å². The third-order valence-corrected chi connectivity index (χ3v) is 3.11. The maximum Gasteiger partial charge on any atom is 0.403 e. The molecule has 4 heteroatoms. The Morgan fingerprint density at radius 2 is 1.04 bits per heavy atom. The predicted molar refractivity (Wildman–Crippen MR) is 92.3 cm³/mol. The highest BCUT2D eigenvalue weighted by Gasteiger charge is 2.11. The van der Waals surface area contributed by atoms with Gasteiger partial charge < -0.3 is 9.47 Å². The number of ether oxygens (including phenoxy) is 2. The fraction of sp³-hybridized carbons (Fsp3) is 0. The van der Waals surface area contributed by atoms with Crippen LogP contribution in [0.25, 0.3) is 0 Å². The molecular formula is C20H15NO3. The van der Waals surface area contributed by atoms with Crippen LogP contribution in [0.2, 0.25) is 0 Å². The van der Waals surface area contributed by atoms with E-state index in [9.17, 15) is 4.79 Å². The van der Waals surface area contributed by atoms with Crippen molar-refractivity contribution >= 4 is 12.0 Å². The van der Waals surface area contributed by atoms with Crippen LogP contribution in [0.5, 0.6) is 11.5 Å². The molecule has 0 aromatic heterocycles. The van der Waals surface area contributed by atoms with Crippen molar-refractivity contribution in [3.8, 4) is 11.5 Å². The van der Waals surface area contributed by atoms with Gasteiger partial charge in [0.15, 0.2) is 0 Å². The van der Waals surface area contributed by atoms with Crippen molar-refractivity contribution in [1.29, 1.82) is 0 Å². The summed E-state index contributed by atoms with van der Waals surface area (Å²) >= 11 is 0. The summed E-state index contributed by atoms with van der Waals surface area (Å²) < 4.78 is 11.2. The number of carbonyl (C=O) groups excluding carboxylic acids is 1. The first-order chi connectivity index (χ1) is 11.8. The van der Waals surface area contributed by atoms with Crippen molar-refractivity contribution in [2.45, 2.75) is 0 Å². The second-order valence-electron chi connectivity index (χ2n) is 4.88. The molecule has 0 atom stereocenters. The van der Waals surface area contributed by atoms with Crippen molar-refractivity contribution < 1.29 is 14.3 Å². The second kappa shape index (κ2) is 7.74. The van der Waals surface area contributed by atoms with Gasteiger partial charge in [0.1, 0.15) is 11.5 Å². The number of carbonyl (C=O) groups is 1. The van der Waals surface area contributed by atoms with Crippen LogP contribution in [0.1, 0.15) is 10.4 Å². The summed E-state index contributed by atoms with van der Waals surface area (Å²) in [6.07, 6.45) is -0.124. The van der Waals surface area contributed by atoms with Crippen molar-refractivity contribution in [2.24, 2.45) is 4.99 Å². The van der Waals surface area contributed by atoms with Gasteiger partial charge >= 0.3 is 6.08 Å². The second-order valence-corrected chi connectivity index (χ2v) is 4.88. The zero-order valence-corrected chi connectivity index (χ0v) is 12.8. The van der Waals surface area contributed by atoms with Gasteiger partial charge in [0, 0.05) is 5.56 Å². The Balaban J connectivity index is 1.86. The van der Waals surface area contributed by atoms with Crippen molar-refractivity contribution in [1.82, 2.24) is 0 Å². The molecule has 24 heavy (non-hydrogen) atoms. The van der Waals surface area contributed by atoms with E-state index in [1.807, 2.05) is 42.5 Å². The molecule has 0 saturated carbocycles. The molecule has 0 unspecified atom stereocenters. The summed E-state index contributed by atoms with van der Waals surface area (Å²) in [6.45, 7) is 0. The maximum atomic E-state index is 12.3. The molecule has 0 N–H and O–H groups in total. The largest absolute Gasteiger partial charge is 0.411 e. The molecule has 0 radical (unpaired) electrons. The number of hydrogen-bond acceptors (Lipinski definition) is 3. The van der Waals surface area contributed by atoms with Crippen LogP contribution in [0.4, 0.5) is 0 Å². The van der Waals surface area contributed by atoms with Crippen LogP contribution in [0.3, 0.4) is 0 Å². The molecular weight excluding hydrogens is 302 g/mol. The van der Waals surface area contributed by atoms with Crippen molar-refractivity contribution in [3.05, 3.63) is 96.6 Å². The third kappa shape index (κ3) is 4.30. The number of rotatable bonds is 3. The van der Waals surface area contributed by atoms with Crippen LogP contribution in [0, 0.1) is 0 Å². The molecule has 0 bridgehead atoms. The minimum atomic E-state index is -0.433. The quantitative estimate of drug-likeness (QED) is 0.533. The zero-order chi connectivity index (χ0) is 16.6. The molecule has 0 heterocycles. The van der Waals surface area contributed by atoms with E-state index >= 15 is 0 Å². The van der Waals surface area contributed by atoms with Crippen LogP contribution >= 0.6 is 0 Å². The number of aliphatic imine (C=N–C) groups is 1. The number of para-hydroxylation sites is 2. The summed E-state index contributed by atoms with van der Waals surface area (Å²) in [5, 5.41) is 0. The van der Waals surface area contributed by atoms with Gasteiger partial charge in [-0.15, -0.1) is 4.99 Å². The molecule has 4 nitrogen and oxygen atoms in total. The van der Waals surface area contributed by atoms with E-state index in [1.54, 1.807) is 48.5 Å². The summed E-state index contributed by atoms with van der Waals surface area (Å²) in [5.74, 6) is 0.638. The van der Waals surface area contributed by atoms with Crippen LogP contribution in [-0.4, -0.2) is 12.0 Å². The Morgan fingerprint density at radius 3 is 1.50 bits per heavy atom. The molecule has 3 rings (SSSR count). The lowest BCUT2D eigenvalue weighted by molar-refractivity contribution is 0.0998. The number of hydrogen-bond donors (Lipinski definition) is 0. The lowest BCUT2D eigenvalue weighted by Crippen LogP contribution is -2.19. The van der Waals surface area contributed by atoms with Crippen LogP contribution in [-0.2, 0) is 0 Å². The highest BCUT2D eigenvalue weighted by Crippen LogP contribution is 2.14. The van der Waals surface area contributed by atoms with E-state index in [2.05, 4.69) is 4.99 Å². The molecule has 3 aromatic carbocycles. The molecule has 0 aliphatic carbocycles. The first-order valence-corrected chi connectivity index (χ1v) is 7.45. The molecule has 3 aromatic rings. The van der Waals surface area contributed by atoms with Gasteiger partial charge in [0.25, 0.3) is 5.91 Å². The van der Waals surface area contributed by atoms with Crippen LogP contribution < -0.4 is 9.47 Å². The molecule has 1 amide bonds. The lowest BCUT2D eigenvalue weighted by Gasteiger charge is -2.09. The maximum absolute atomic E-state index is 12.3. The molecule has 0 aliphatic heterocycles. The van der Waals surface area contributed by atoms with Gasteiger partial charge in [0.05, 0.1) is 0 Å². The summed E-state index contributed by atoms with van der Waals surface area (Å²) in [4.78, 5) is 16.3. The minimum absolute atomic E-state index is 0.124. The van der Waals surface area contributed by atoms with Crippen molar-refractivity contribution in [3.63, 3.8) is 0 Å². The first-order valence-electron chi connectivity index (χ1n) is 7.45. The smallest absolute Gasteiger partial charge is 0.403 e. The Kier molecular flexibility index (Phi) is 5.00. The Morgan fingerprint density at radius 1 is 0.625 bits per heavy atom. The summed E-state index contributed by atoms with van der Waals surface area (Å²) in [5.41, 5.74) is 0.461. The molecule has 0 fully saturated rings. The van der Waals surface area contributed by atoms with Gasteiger partial charge in [0.2, 0.25) is 0 Å². The predicted octanol–water partition coefficient (Wildman–Crippen LogP) is 4.34. The average Bonchev–Trinajstić information content (AvgIpc) is 2.64. The Bertz CT molecular complexity index is 772. The lowest BCUT2D eigenvalue weighted by atomic mass is 10.2. The SMILES string of the molecule is O=C(N=C(Oc1ccccc1)Oc1ccccc1)c1ccccc1. The number of amides is 1. The van der Waals surface area contributed by atoms with E-state index in [0.717, 1.165) is 0 Å². The Hall–Kier alpha value is -3.40. The zero-order valence-electron chi connectivity index (χ0n) is 12.8. The van der Waals surface area contributed by atoms with Crippen LogP contribution in [0.15, 0.2) is 96.0 Å². The van der Waals surface area contributed by atoms with E-state index in [-0.39, 0.29) is 6.08 Å². The first kappa shape index (κ1) is 15.5. The molecule has 0 saturated heterocycles. The fourth-order valence-electron chi connectivity index (χ4n) is 1.97. The van der Waals surface area contributed by atoms with Gasteiger partial charge in [-0.25, -0.2) is 0 Å². The summed E-state index contributed by atoms with van der Waals surface area (Å²) in [7, 11) is 0. The normalized spacial score (nSPS) is 9.83. The van der Waals surface area contributed by atoms with Gasteiger partial charge in [-0.1, -0.05) is 54.6 Å². The van der Waals surface area contributed by atoms with E-state index in [4.69, 9.17) is 9.47 Å². The van der Waals surface area contributed by atoms with E-state index < -0.39 is 5.91 Å². The average molecular weight is 317 g/mol. The minimum Gasteiger partial charge on any atom is -0.411 e. The third-order valence-electron chi connectivity index (χ3n) is 3.11. The van der Waals surface area contributed by atoms with Gasteiger partial charge in [-0.2, -0.15) is 0 Å². The standard InChI is InChI=1S/C20H15NO3/c22-19(16-10-4-1-5-11-16)21-20(23-17-12-6-2-7-13-17)24-18-14-8-3-9-15-18/h1-15H.